The van der Waals surface area contributed by atoms with Gasteiger partial charge in [-0.15, -0.1) is 0 Å². The first-order chi connectivity index (χ1) is 9.43. The first kappa shape index (κ1) is 14.6. The lowest BCUT2D eigenvalue weighted by atomic mass is 10.1. The topological polar surface area (TPSA) is 62.7 Å². The number of amides is 1. The van der Waals surface area contributed by atoms with Crippen molar-refractivity contribution in [3.63, 3.8) is 0 Å². The maximum Gasteiger partial charge on any atom is 0.433 e. The molecule has 0 radical (unpaired) electrons. The lowest BCUT2D eigenvalue weighted by molar-refractivity contribution is -0.141. The van der Waals surface area contributed by atoms with Crippen LogP contribution in [-0.4, -0.2) is 35.9 Å². The zero-order valence-corrected chi connectivity index (χ0v) is 10.5. The van der Waals surface area contributed by atoms with E-state index in [1.165, 1.54) is 11.0 Å². The van der Waals surface area contributed by atoms with Crippen molar-refractivity contribution < 1.29 is 27.8 Å². The van der Waals surface area contributed by atoms with E-state index in [4.69, 9.17) is 9.84 Å². The van der Waals surface area contributed by atoms with E-state index in [0.29, 0.717) is 25.1 Å². The zero-order chi connectivity index (χ0) is 14.8. The fourth-order valence-electron chi connectivity index (χ4n) is 2.01. The molecule has 1 aliphatic heterocycles. The van der Waals surface area contributed by atoms with E-state index in [1.54, 1.807) is 0 Å². The van der Waals surface area contributed by atoms with Gasteiger partial charge in [0.1, 0.15) is 12.3 Å². The Hall–Kier alpha value is -1.83. The molecule has 0 bridgehead atoms. The molecule has 0 spiro atoms. The van der Waals surface area contributed by atoms with Crippen LogP contribution in [0.3, 0.4) is 0 Å². The van der Waals surface area contributed by atoms with Gasteiger partial charge in [0.05, 0.1) is 18.0 Å². The van der Waals surface area contributed by atoms with Gasteiger partial charge in [-0.1, -0.05) is 0 Å². The summed E-state index contributed by atoms with van der Waals surface area (Å²) >= 11 is 0. The average molecular weight is 290 g/mol. The van der Waals surface area contributed by atoms with Gasteiger partial charge in [-0.3, -0.25) is 4.90 Å². The number of nitrogens with zero attached hydrogens (tertiary/aromatic N) is 2. The average Bonchev–Trinajstić information content (AvgIpc) is 2.42. The third kappa shape index (κ3) is 3.01. The van der Waals surface area contributed by atoms with Gasteiger partial charge >= 0.3 is 12.3 Å². The predicted molar refractivity (Wildman–Crippen MR) is 63.3 cm³/mol. The van der Waals surface area contributed by atoms with Crippen molar-refractivity contribution in [2.75, 3.05) is 24.7 Å². The molecule has 0 saturated heterocycles. The number of aliphatic hydroxyl groups excluding tert-OH is 1. The number of ether oxygens (including phenoxy) is 1. The van der Waals surface area contributed by atoms with Crippen molar-refractivity contribution in [2.24, 2.45) is 0 Å². The Kier molecular flexibility index (Phi) is 4.12. The van der Waals surface area contributed by atoms with Crippen LogP contribution in [0.2, 0.25) is 0 Å². The summed E-state index contributed by atoms with van der Waals surface area (Å²) in [5.41, 5.74) is -0.416. The second-order valence-corrected chi connectivity index (χ2v) is 4.25. The molecule has 110 valence electrons. The zero-order valence-electron chi connectivity index (χ0n) is 10.5. The number of carbonyl (C=O) groups excluding carboxylic acids is 1. The minimum absolute atomic E-state index is 0.154. The SMILES string of the molecule is O=C(OCCO)N1CCCc2nc(C(F)(F)F)ccc21. The highest BCUT2D eigenvalue weighted by Crippen LogP contribution is 2.32. The van der Waals surface area contributed by atoms with Crippen molar-refractivity contribution in [2.45, 2.75) is 19.0 Å². The van der Waals surface area contributed by atoms with Crippen molar-refractivity contribution in [1.29, 1.82) is 0 Å². The van der Waals surface area contributed by atoms with Crippen LogP contribution in [0, 0.1) is 0 Å². The standard InChI is InChI=1S/C12H13F3N2O3/c13-12(14,15)10-4-3-9-8(16-10)2-1-5-17(9)11(19)20-7-6-18/h3-4,18H,1-2,5-7H2. The number of anilines is 1. The highest BCUT2D eigenvalue weighted by atomic mass is 19.4. The second-order valence-electron chi connectivity index (χ2n) is 4.25. The Bertz CT molecular complexity index is 505. The lowest BCUT2D eigenvalue weighted by Gasteiger charge is -2.28. The Labute approximate surface area is 113 Å². The van der Waals surface area contributed by atoms with E-state index in [-0.39, 0.29) is 18.9 Å². The molecule has 8 heteroatoms. The number of aryl methyl sites for hydroxylation is 1. The van der Waals surface area contributed by atoms with Crippen molar-refractivity contribution in [3.8, 4) is 0 Å². The molecule has 1 aliphatic rings. The van der Waals surface area contributed by atoms with Crippen molar-refractivity contribution in [3.05, 3.63) is 23.5 Å². The van der Waals surface area contributed by atoms with Crippen LogP contribution in [0.25, 0.3) is 0 Å². The molecule has 0 unspecified atom stereocenters. The normalized spacial score (nSPS) is 14.9. The van der Waals surface area contributed by atoms with Gasteiger partial charge in [-0.05, 0) is 25.0 Å². The molecule has 0 fully saturated rings. The maximum absolute atomic E-state index is 12.6. The summed E-state index contributed by atoms with van der Waals surface area (Å²) < 4.78 is 42.5. The quantitative estimate of drug-likeness (QED) is 0.904. The predicted octanol–water partition coefficient (Wildman–Crippen LogP) is 1.98. The van der Waals surface area contributed by atoms with Crippen LogP contribution in [0.5, 0.6) is 0 Å². The highest BCUT2D eigenvalue weighted by Gasteiger charge is 2.34. The summed E-state index contributed by atoms with van der Waals surface area (Å²) in [5.74, 6) is 0. The minimum Gasteiger partial charge on any atom is -0.447 e. The van der Waals surface area contributed by atoms with Gasteiger partial charge in [-0.2, -0.15) is 13.2 Å². The number of fused-ring (bicyclic) bond motifs is 1. The first-order valence-corrected chi connectivity index (χ1v) is 6.05. The van der Waals surface area contributed by atoms with E-state index in [0.717, 1.165) is 6.07 Å². The summed E-state index contributed by atoms with van der Waals surface area (Å²) in [4.78, 5) is 16.6. The lowest BCUT2D eigenvalue weighted by Crippen LogP contribution is -2.37. The molecule has 0 saturated carbocycles. The van der Waals surface area contributed by atoms with E-state index >= 15 is 0 Å². The number of rotatable bonds is 2. The fraction of sp³-hybridized carbons (Fsp3) is 0.500. The molecule has 1 amide bonds. The van der Waals surface area contributed by atoms with Gasteiger partial charge in [0.15, 0.2) is 0 Å². The Morgan fingerprint density at radius 3 is 2.85 bits per heavy atom. The van der Waals surface area contributed by atoms with Gasteiger partial charge in [0.25, 0.3) is 0 Å². The summed E-state index contributed by atoms with van der Waals surface area (Å²) in [6.07, 6.45) is -4.31. The Balaban J connectivity index is 2.26. The summed E-state index contributed by atoms with van der Waals surface area (Å²) in [6.45, 7) is -0.110. The number of aromatic nitrogens is 1. The van der Waals surface area contributed by atoms with Crippen LogP contribution >= 0.6 is 0 Å². The molecule has 20 heavy (non-hydrogen) atoms. The van der Waals surface area contributed by atoms with Gasteiger partial charge in [-0.25, -0.2) is 9.78 Å². The number of alkyl halides is 3. The maximum atomic E-state index is 12.6. The number of hydrogen-bond donors (Lipinski definition) is 1. The number of carbonyl (C=O) groups is 1. The van der Waals surface area contributed by atoms with E-state index in [2.05, 4.69) is 4.98 Å². The number of aliphatic hydroxyl groups is 1. The summed E-state index contributed by atoms with van der Waals surface area (Å²) in [5, 5.41) is 8.60. The van der Waals surface area contributed by atoms with Crippen LogP contribution in [-0.2, 0) is 17.3 Å². The molecule has 2 heterocycles. The summed E-state index contributed by atoms with van der Waals surface area (Å²) in [7, 11) is 0. The van der Waals surface area contributed by atoms with Crippen LogP contribution in [0.15, 0.2) is 12.1 Å². The largest absolute Gasteiger partial charge is 0.447 e. The number of halogens is 3. The van der Waals surface area contributed by atoms with E-state index in [9.17, 15) is 18.0 Å². The fourth-order valence-corrected chi connectivity index (χ4v) is 2.01. The van der Waals surface area contributed by atoms with E-state index in [1.807, 2.05) is 0 Å². The molecule has 1 aromatic rings. The van der Waals surface area contributed by atoms with Gasteiger partial charge < -0.3 is 9.84 Å². The molecule has 1 N–H and O–H groups in total. The van der Waals surface area contributed by atoms with Gasteiger partial charge in [0.2, 0.25) is 0 Å². The molecule has 0 atom stereocenters. The third-order valence-corrected chi connectivity index (χ3v) is 2.86. The molecule has 2 rings (SSSR count). The highest BCUT2D eigenvalue weighted by molar-refractivity contribution is 5.88. The smallest absolute Gasteiger partial charge is 0.433 e. The van der Waals surface area contributed by atoms with Crippen LogP contribution < -0.4 is 4.90 Å². The molecule has 0 aliphatic carbocycles. The molecular formula is C12H13F3N2O3. The van der Waals surface area contributed by atoms with Crippen LogP contribution in [0.4, 0.5) is 23.7 Å². The second kappa shape index (κ2) is 5.66. The Morgan fingerprint density at radius 1 is 1.45 bits per heavy atom. The molecule has 1 aromatic heterocycles. The van der Waals surface area contributed by atoms with Crippen molar-refractivity contribution in [1.82, 2.24) is 4.98 Å². The first-order valence-electron chi connectivity index (χ1n) is 6.05. The summed E-state index contributed by atoms with van der Waals surface area (Å²) in [6, 6.07) is 2.07. The molecule has 0 aromatic carbocycles. The number of pyridine rings is 1. The molecular weight excluding hydrogens is 277 g/mol. The van der Waals surface area contributed by atoms with Crippen LogP contribution in [0.1, 0.15) is 17.8 Å². The molecule has 5 nitrogen and oxygen atoms in total. The minimum atomic E-state index is -4.51. The van der Waals surface area contributed by atoms with E-state index < -0.39 is 18.0 Å². The number of hydrogen-bond acceptors (Lipinski definition) is 4. The van der Waals surface area contributed by atoms with Gasteiger partial charge in [0, 0.05) is 6.54 Å². The van der Waals surface area contributed by atoms with Crippen molar-refractivity contribution >= 4 is 11.8 Å². The monoisotopic (exact) mass is 290 g/mol. The Morgan fingerprint density at radius 2 is 2.20 bits per heavy atom. The third-order valence-electron chi connectivity index (χ3n) is 2.86.